The van der Waals surface area contributed by atoms with E-state index in [9.17, 15) is 14.4 Å². The van der Waals surface area contributed by atoms with E-state index in [-0.39, 0.29) is 31.1 Å². The molecule has 0 aromatic carbocycles. The topological polar surface area (TPSA) is 78.9 Å². The molecular formula is C59H108O6. The van der Waals surface area contributed by atoms with E-state index in [0.717, 1.165) is 83.5 Å². The van der Waals surface area contributed by atoms with Crippen LogP contribution in [0.5, 0.6) is 0 Å². The van der Waals surface area contributed by atoms with Crippen molar-refractivity contribution in [2.24, 2.45) is 0 Å². The molecule has 0 rings (SSSR count). The number of unbranched alkanes of at least 4 members (excludes halogenated alkanes) is 35. The molecule has 0 heterocycles. The molecular weight excluding hydrogens is 805 g/mol. The Morgan fingerprint density at radius 2 is 0.554 bits per heavy atom. The smallest absolute Gasteiger partial charge is 0.306 e. The number of hydrogen-bond acceptors (Lipinski definition) is 6. The van der Waals surface area contributed by atoms with Crippen molar-refractivity contribution in [1.29, 1.82) is 0 Å². The van der Waals surface area contributed by atoms with E-state index in [2.05, 4.69) is 57.2 Å². The maximum atomic E-state index is 12.8. The molecule has 0 aromatic heterocycles. The highest BCUT2D eigenvalue weighted by atomic mass is 16.6. The van der Waals surface area contributed by atoms with Gasteiger partial charge in [-0.25, -0.2) is 0 Å². The average Bonchev–Trinajstić information content (AvgIpc) is 3.30. The van der Waals surface area contributed by atoms with Gasteiger partial charge in [-0.3, -0.25) is 14.4 Å². The van der Waals surface area contributed by atoms with Crippen LogP contribution in [0.1, 0.15) is 303 Å². The molecule has 0 aromatic rings. The van der Waals surface area contributed by atoms with Gasteiger partial charge in [-0.05, 0) is 57.8 Å². The minimum Gasteiger partial charge on any atom is -0.462 e. The second-order valence-corrected chi connectivity index (χ2v) is 19.2. The number of ether oxygens (including phenoxy) is 3. The Bertz CT molecular complexity index is 1090. The third kappa shape index (κ3) is 52.5. The SMILES string of the molecule is CCCCC/C=C\C/C=C\C/C=C\CCCCCCC(=O)OC[C@H](COC(=O)CCCCCCCCCCCCCCCCCCC)OC(=O)CCCCCCCCCCCCCCC. The largest absolute Gasteiger partial charge is 0.462 e. The molecule has 0 aliphatic carbocycles. The Hall–Kier alpha value is -2.37. The van der Waals surface area contributed by atoms with Gasteiger partial charge in [0.1, 0.15) is 13.2 Å². The van der Waals surface area contributed by atoms with Gasteiger partial charge in [0.15, 0.2) is 6.10 Å². The second kappa shape index (κ2) is 54.2. The Morgan fingerprint density at radius 1 is 0.308 bits per heavy atom. The van der Waals surface area contributed by atoms with Crippen LogP contribution in [0, 0.1) is 0 Å². The van der Waals surface area contributed by atoms with Crippen LogP contribution in [-0.4, -0.2) is 37.2 Å². The molecule has 0 unspecified atom stereocenters. The van der Waals surface area contributed by atoms with Crippen LogP contribution in [0.15, 0.2) is 36.5 Å². The highest BCUT2D eigenvalue weighted by Crippen LogP contribution is 2.17. The predicted molar refractivity (Wildman–Crippen MR) is 279 cm³/mol. The lowest BCUT2D eigenvalue weighted by Crippen LogP contribution is -2.30. The number of esters is 3. The molecule has 0 spiro atoms. The standard InChI is InChI=1S/C59H108O6/c1-4-7-10-13-16-19-22-25-27-29-31-34-36-39-42-45-48-51-57(60)63-54-56(65-59(62)53-50-47-44-41-38-33-24-21-18-15-12-9-6-3)55-64-58(61)52-49-46-43-40-37-35-32-30-28-26-23-20-17-14-11-8-5-2/h16,19,25,27,31,34,56H,4-15,17-18,20-24,26,28-30,32-33,35-55H2,1-3H3/b19-16-,27-25-,34-31-/t56-/m1/s1. The second-order valence-electron chi connectivity index (χ2n) is 19.2. The molecule has 0 radical (unpaired) electrons. The van der Waals surface area contributed by atoms with Crippen molar-refractivity contribution < 1.29 is 28.6 Å². The fourth-order valence-corrected chi connectivity index (χ4v) is 8.33. The number of hydrogen-bond donors (Lipinski definition) is 0. The van der Waals surface area contributed by atoms with E-state index in [0.29, 0.717) is 19.3 Å². The molecule has 0 bridgehead atoms. The number of carbonyl (C=O) groups is 3. The molecule has 6 heteroatoms. The Morgan fingerprint density at radius 3 is 0.892 bits per heavy atom. The first-order chi connectivity index (χ1) is 32.0. The van der Waals surface area contributed by atoms with Crippen LogP contribution in [0.2, 0.25) is 0 Å². The summed E-state index contributed by atoms with van der Waals surface area (Å²) in [6.45, 7) is 6.63. The van der Waals surface area contributed by atoms with Crippen molar-refractivity contribution in [3.05, 3.63) is 36.5 Å². The summed E-state index contributed by atoms with van der Waals surface area (Å²) in [5, 5.41) is 0. The molecule has 0 saturated carbocycles. The van der Waals surface area contributed by atoms with E-state index < -0.39 is 6.10 Å². The van der Waals surface area contributed by atoms with Crippen molar-refractivity contribution in [2.75, 3.05) is 13.2 Å². The molecule has 0 fully saturated rings. The van der Waals surface area contributed by atoms with Crippen molar-refractivity contribution >= 4 is 17.9 Å². The maximum Gasteiger partial charge on any atom is 0.306 e. The van der Waals surface area contributed by atoms with E-state index in [4.69, 9.17) is 14.2 Å². The highest BCUT2D eigenvalue weighted by molar-refractivity contribution is 5.71. The molecule has 1 atom stereocenters. The van der Waals surface area contributed by atoms with Crippen molar-refractivity contribution in [1.82, 2.24) is 0 Å². The first-order valence-corrected chi connectivity index (χ1v) is 28.5. The predicted octanol–water partition coefficient (Wildman–Crippen LogP) is 18.9. The molecule has 0 saturated heterocycles. The van der Waals surface area contributed by atoms with Gasteiger partial charge in [0.2, 0.25) is 0 Å². The summed E-state index contributed by atoms with van der Waals surface area (Å²) in [6, 6.07) is 0. The number of rotatable bonds is 52. The van der Waals surface area contributed by atoms with Crippen LogP contribution in [0.4, 0.5) is 0 Å². The lowest BCUT2D eigenvalue weighted by molar-refractivity contribution is -0.167. The van der Waals surface area contributed by atoms with E-state index in [1.54, 1.807) is 0 Å². The van der Waals surface area contributed by atoms with E-state index >= 15 is 0 Å². The lowest BCUT2D eigenvalue weighted by Gasteiger charge is -2.18. The first kappa shape index (κ1) is 62.6. The molecule has 6 nitrogen and oxygen atoms in total. The van der Waals surface area contributed by atoms with Gasteiger partial charge in [0.05, 0.1) is 0 Å². The van der Waals surface area contributed by atoms with Gasteiger partial charge in [-0.2, -0.15) is 0 Å². The monoisotopic (exact) mass is 913 g/mol. The third-order valence-corrected chi connectivity index (χ3v) is 12.6. The van der Waals surface area contributed by atoms with Gasteiger partial charge in [0.25, 0.3) is 0 Å². The number of allylic oxidation sites excluding steroid dienone is 6. The van der Waals surface area contributed by atoms with Crippen LogP contribution in [-0.2, 0) is 28.6 Å². The van der Waals surface area contributed by atoms with E-state index in [1.165, 1.54) is 180 Å². The molecule has 380 valence electrons. The maximum absolute atomic E-state index is 12.8. The van der Waals surface area contributed by atoms with Crippen molar-refractivity contribution in [2.45, 2.75) is 309 Å². The normalized spacial score (nSPS) is 12.2. The summed E-state index contributed by atoms with van der Waals surface area (Å²) in [4.78, 5) is 38.1. The highest BCUT2D eigenvalue weighted by Gasteiger charge is 2.19. The first-order valence-electron chi connectivity index (χ1n) is 28.5. The number of carbonyl (C=O) groups excluding carboxylic acids is 3. The quantitative estimate of drug-likeness (QED) is 0.0262. The lowest BCUT2D eigenvalue weighted by atomic mass is 10.0. The third-order valence-electron chi connectivity index (χ3n) is 12.6. The zero-order valence-corrected chi connectivity index (χ0v) is 43.5. The average molecular weight is 914 g/mol. The molecule has 0 amide bonds. The van der Waals surface area contributed by atoms with Gasteiger partial charge < -0.3 is 14.2 Å². The summed E-state index contributed by atoms with van der Waals surface area (Å²) in [5.74, 6) is -0.879. The minimum atomic E-state index is -0.776. The Balaban J connectivity index is 4.35. The zero-order chi connectivity index (χ0) is 47.2. The van der Waals surface area contributed by atoms with Crippen molar-refractivity contribution in [3.8, 4) is 0 Å². The summed E-state index contributed by atoms with van der Waals surface area (Å²) in [6.07, 6.45) is 64.1. The summed E-state index contributed by atoms with van der Waals surface area (Å²) < 4.78 is 16.9. The van der Waals surface area contributed by atoms with Crippen LogP contribution < -0.4 is 0 Å². The molecule has 0 aliphatic rings. The fraction of sp³-hybridized carbons (Fsp3) is 0.847. The molecule has 65 heavy (non-hydrogen) atoms. The Labute approximate surface area is 404 Å². The molecule has 0 N–H and O–H groups in total. The minimum absolute atomic E-state index is 0.0745. The summed E-state index contributed by atoms with van der Waals surface area (Å²) >= 11 is 0. The van der Waals surface area contributed by atoms with E-state index in [1.807, 2.05) is 0 Å². The van der Waals surface area contributed by atoms with Gasteiger partial charge in [-0.15, -0.1) is 0 Å². The summed E-state index contributed by atoms with van der Waals surface area (Å²) in [5.41, 5.74) is 0. The van der Waals surface area contributed by atoms with Gasteiger partial charge in [-0.1, -0.05) is 263 Å². The van der Waals surface area contributed by atoms with Gasteiger partial charge in [0, 0.05) is 19.3 Å². The van der Waals surface area contributed by atoms with Crippen LogP contribution in [0.25, 0.3) is 0 Å². The van der Waals surface area contributed by atoms with Crippen LogP contribution in [0.3, 0.4) is 0 Å². The zero-order valence-electron chi connectivity index (χ0n) is 43.5. The van der Waals surface area contributed by atoms with Crippen molar-refractivity contribution in [3.63, 3.8) is 0 Å². The summed E-state index contributed by atoms with van der Waals surface area (Å²) in [7, 11) is 0. The van der Waals surface area contributed by atoms with Gasteiger partial charge >= 0.3 is 17.9 Å². The fourth-order valence-electron chi connectivity index (χ4n) is 8.33. The Kier molecular flexibility index (Phi) is 52.3. The molecule has 0 aliphatic heterocycles. The van der Waals surface area contributed by atoms with Crippen LogP contribution >= 0.6 is 0 Å².